The normalized spacial score (nSPS) is 11.6. The van der Waals surface area contributed by atoms with E-state index in [9.17, 15) is 9.59 Å². The van der Waals surface area contributed by atoms with Crippen LogP contribution >= 0.6 is 0 Å². The first kappa shape index (κ1) is 13.2. The van der Waals surface area contributed by atoms with Crippen LogP contribution in [0.25, 0.3) is 0 Å². The summed E-state index contributed by atoms with van der Waals surface area (Å²) in [6, 6.07) is 7.22. The highest BCUT2D eigenvalue weighted by Crippen LogP contribution is 2.10. The second-order valence-corrected chi connectivity index (χ2v) is 3.99. The SMILES string of the molecule is C=CCNC(=O)[C@H](C)C(=O)c1ccc(C)cc1. The molecule has 90 valence electrons. The number of benzene rings is 1. The second-order valence-electron chi connectivity index (χ2n) is 3.99. The van der Waals surface area contributed by atoms with E-state index >= 15 is 0 Å². The van der Waals surface area contributed by atoms with E-state index < -0.39 is 5.92 Å². The molecule has 0 saturated carbocycles. The van der Waals surface area contributed by atoms with Gasteiger partial charge in [-0.2, -0.15) is 0 Å². The van der Waals surface area contributed by atoms with E-state index in [2.05, 4.69) is 11.9 Å². The fourth-order valence-corrected chi connectivity index (χ4v) is 1.41. The molecule has 1 aromatic carbocycles. The average Bonchev–Trinajstić information content (AvgIpc) is 2.35. The van der Waals surface area contributed by atoms with Crippen LogP contribution < -0.4 is 5.32 Å². The van der Waals surface area contributed by atoms with Crippen molar-refractivity contribution in [1.82, 2.24) is 5.32 Å². The molecule has 0 fully saturated rings. The molecular formula is C14H17NO2. The van der Waals surface area contributed by atoms with E-state index in [0.29, 0.717) is 12.1 Å². The highest BCUT2D eigenvalue weighted by Gasteiger charge is 2.21. The molecule has 0 spiro atoms. The van der Waals surface area contributed by atoms with Gasteiger partial charge in [0.2, 0.25) is 5.91 Å². The monoisotopic (exact) mass is 231 g/mol. The van der Waals surface area contributed by atoms with Gasteiger partial charge in [0, 0.05) is 12.1 Å². The summed E-state index contributed by atoms with van der Waals surface area (Å²) in [6.45, 7) is 7.45. The molecule has 0 aliphatic carbocycles. The Bertz CT molecular complexity index is 420. The lowest BCUT2D eigenvalue weighted by Crippen LogP contribution is -2.33. The van der Waals surface area contributed by atoms with Crippen LogP contribution in [0.15, 0.2) is 36.9 Å². The molecule has 0 saturated heterocycles. The van der Waals surface area contributed by atoms with Crippen LogP contribution in [0.1, 0.15) is 22.8 Å². The highest BCUT2D eigenvalue weighted by atomic mass is 16.2. The van der Waals surface area contributed by atoms with Crippen LogP contribution in [0.3, 0.4) is 0 Å². The molecule has 3 heteroatoms. The van der Waals surface area contributed by atoms with Crippen molar-refractivity contribution in [3.63, 3.8) is 0 Å². The zero-order valence-corrected chi connectivity index (χ0v) is 10.2. The Morgan fingerprint density at radius 3 is 2.47 bits per heavy atom. The van der Waals surface area contributed by atoms with E-state index in [0.717, 1.165) is 5.56 Å². The Morgan fingerprint density at radius 1 is 1.35 bits per heavy atom. The van der Waals surface area contributed by atoms with Crippen molar-refractivity contribution in [2.75, 3.05) is 6.54 Å². The number of nitrogens with one attached hydrogen (secondary N) is 1. The molecule has 0 aliphatic heterocycles. The molecule has 1 N–H and O–H groups in total. The van der Waals surface area contributed by atoms with E-state index in [1.807, 2.05) is 19.1 Å². The van der Waals surface area contributed by atoms with Crippen LogP contribution in [-0.4, -0.2) is 18.2 Å². The molecule has 1 aromatic rings. The molecule has 0 aliphatic rings. The van der Waals surface area contributed by atoms with Crippen molar-refractivity contribution >= 4 is 11.7 Å². The van der Waals surface area contributed by atoms with Crippen LogP contribution in [-0.2, 0) is 4.79 Å². The first-order valence-electron chi connectivity index (χ1n) is 5.55. The zero-order chi connectivity index (χ0) is 12.8. The summed E-state index contributed by atoms with van der Waals surface area (Å²) < 4.78 is 0. The molecule has 17 heavy (non-hydrogen) atoms. The first-order chi connectivity index (χ1) is 8.06. The van der Waals surface area contributed by atoms with Crippen LogP contribution in [0.2, 0.25) is 0 Å². The van der Waals surface area contributed by atoms with Crippen molar-refractivity contribution < 1.29 is 9.59 Å². The number of aryl methyl sites for hydroxylation is 1. The Morgan fingerprint density at radius 2 is 1.94 bits per heavy atom. The van der Waals surface area contributed by atoms with Gasteiger partial charge in [-0.25, -0.2) is 0 Å². The molecular weight excluding hydrogens is 214 g/mol. The summed E-state index contributed by atoms with van der Waals surface area (Å²) in [6.07, 6.45) is 1.58. The summed E-state index contributed by atoms with van der Waals surface area (Å²) >= 11 is 0. The fourth-order valence-electron chi connectivity index (χ4n) is 1.41. The smallest absolute Gasteiger partial charge is 0.230 e. The lowest BCUT2D eigenvalue weighted by atomic mass is 9.98. The lowest BCUT2D eigenvalue weighted by Gasteiger charge is -2.10. The third-order valence-corrected chi connectivity index (χ3v) is 2.54. The van der Waals surface area contributed by atoms with E-state index in [4.69, 9.17) is 0 Å². The van der Waals surface area contributed by atoms with E-state index in [1.54, 1.807) is 25.1 Å². The highest BCUT2D eigenvalue weighted by molar-refractivity contribution is 6.09. The summed E-state index contributed by atoms with van der Waals surface area (Å²) in [7, 11) is 0. The van der Waals surface area contributed by atoms with Gasteiger partial charge in [0.05, 0.1) is 5.92 Å². The predicted molar refractivity (Wildman–Crippen MR) is 67.9 cm³/mol. The van der Waals surface area contributed by atoms with Crippen LogP contribution in [0, 0.1) is 12.8 Å². The van der Waals surface area contributed by atoms with Gasteiger partial charge in [0.25, 0.3) is 0 Å². The van der Waals surface area contributed by atoms with Gasteiger partial charge in [0.15, 0.2) is 5.78 Å². The average molecular weight is 231 g/mol. The molecule has 1 amide bonds. The maximum atomic E-state index is 12.0. The number of Topliss-reactive ketones (excluding diaryl/α,β-unsaturated/α-hetero) is 1. The van der Waals surface area contributed by atoms with Crippen molar-refractivity contribution in [3.05, 3.63) is 48.0 Å². The molecule has 0 radical (unpaired) electrons. The third kappa shape index (κ3) is 3.55. The Kier molecular flexibility index (Phi) is 4.64. The number of amides is 1. The molecule has 0 aromatic heterocycles. The van der Waals surface area contributed by atoms with E-state index in [-0.39, 0.29) is 11.7 Å². The molecule has 0 unspecified atom stereocenters. The van der Waals surface area contributed by atoms with Gasteiger partial charge < -0.3 is 5.32 Å². The molecule has 1 rings (SSSR count). The lowest BCUT2D eigenvalue weighted by molar-refractivity contribution is -0.122. The maximum absolute atomic E-state index is 12.0. The fraction of sp³-hybridized carbons (Fsp3) is 0.286. The Hall–Kier alpha value is -1.90. The van der Waals surface area contributed by atoms with Gasteiger partial charge in [-0.3, -0.25) is 9.59 Å². The quantitative estimate of drug-likeness (QED) is 0.479. The predicted octanol–water partition coefficient (Wildman–Crippen LogP) is 2.12. The summed E-state index contributed by atoms with van der Waals surface area (Å²) in [5, 5.41) is 2.62. The summed E-state index contributed by atoms with van der Waals surface area (Å²) in [5.74, 6) is -1.10. The van der Waals surface area contributed by atoms with E-state index in [1.165, 1.54) is 0 Å². The van der Waals surface area contributed by atoms with Gasteiger partial charge in [-0.05, 0) is 13.8 Å². The standard InChI is InChI=1S/C14H17NO2/c1-4-9-15-14(17)11(3)13(16)12-7-5-10(2)6-8-12/h4-8,11H,1,9H2,2-3H3,(H,15,17)/t11-/m1/s1. The Labute approximate surface area is 102 Å². The second kappa shape index (κ2) is 5.99. The van der Waals surface area contributed by atoms with Gasteiger partial charge in [-0.15, -0.1) is 6.58 Å². The Balaban J connectivity index is 2.72. The van der Waals surface area contributed by atoms with Crippen molar-refractivity contribution in [2.45, 2.75) is 13.8 Å². The third-order valence-electron chi connectivity index (χ3n) is 2.54. The largest absolute Gasteiger partial charge is 0.352 e. The molecule has 0 bridgehead atoms. The van der Waals surface area contributed by atoms with Crippen molar-refractivity contribution in [1.29, 1.82) is 0 Å². The van der Waals surface area contributed by atoms with Gasteiger partial charge in [0.1, 0.15) is 0 Å². The first-order valence-corrected chi connectivity index (χ1v) is 5.55. The number of hydrogen-bond acceptors (Lipinski definition) is 2. The maximum Gasteiger partial charge on any atom is 0.230 e. The van der Waals surface area contributed by atoms with Crippen LogP contribution in [0.4, 0.5) is 0 Å². The molecule has 3 nitrogen and oxygen atoms in total. The summed E-state index contributed by atoms with van der Waals surface area (Å²) in [5.41, 5.74) is 1.65. The minimum absolute atomic E-state index is 0.161. The number of rotatable bonds is 5. The molecule has 0 heterocycles. The van der Waals surface area contributed by atoms with Crippen molar-refractivity contribution in [2.24, 2.45) is 5.92 Å². The van der Waals surface area contributed by atoms with Gasteiger partial charge >= 0.3 is 0 Å². The number of ketones is 1. The summed E-state index contributed by atoms with van der Waals surface area (Å²) in [4.78, 5) is 23.6. The minimum Gasteiger partial charge on any atom is -0.352 e. The molecule has 1 atom stereocenters. The number of carbonyl (C=O) groups is 2. The topological polar surface area (TPSA) is 46.2 Å². The number of hydrogen-bond donors (Lipinski definition) is 1. The van der Waals surface area contributed by atoms with Gasteiger partial charge in [-0.1, -0.05) is 35.9 Å². The van der Waals surface area contributed by atoms with Crippen molar-refractivity contribution in [3.8, 4) is 0 Å². The minimum atomic E-state index is -0.669. The number of carbonyl (C=O) groups excluding carboxylic acids is 2. The van der Waals surface area contributed by atoms with Crippen LogP contribution in [0.5, 0.6) is 0 Å². The zero-order valence-electron chi connectivity index (χ0n) is 10.2.